The van der Waals surface area contributed by atoms with E-state index in [0.29, 0.717) is 5.58 Å². The normalized spacial score (nSPS) is 10.7. The SMILES string of the molecule is Cc1cc2cc(O)c(=O)oc2cc1C. The topological polar surface area (TPSA) is 50.4 Å². The zero-order valence-corrected chi connectivity index (χ0v) is 8.00. The van der Waals surface area contributed by atoms with Gasteiger partial charge in [-0.2, -0.15) is 0 Å². The molecular weight excluding hydrogens is 180 g/mol. The Hall–Kier alpha value is -1.77. The van der Waals surface area contributed by atoms with Gasteiger partial charge in [-0.05, 0) is 43.2 Å². The van der Waals surface area contributed by atoms with Crippen LogP contribution in [0.3, 0.4) is 0 Å². The molecule has 0 amide bonds. The third-order valence-corrected chi connectivity index (χ3v) is 2.33. The highest BCUT2D eigenvalue weighted by Gasteiger charge is 2.04. The summed E-state index contributed by atoms with van der Waals surface area (Å²) in [7, 11) is 0. The molecule has 0 saturated heterocycles. The second-order valence-corrected chi connectivity index (χ2v) is 3.39. The summed E-state index contributed by atoms with van der Waals surface area (Å²) in [6.07, 6.45) is 0. The molecule has 0 aliphatic carbocycles. The lowest BCUT2D eigenvalue weighted by Gasteiger charge is -2.02. The molecule has 0 spiro atoms. The molecule has 0 bridgehead atoms. The van der Waals surface area contributed by atoms with Crippen LogP contribution >= 0.6 is 0 Å². The van der Waals surface area contributed by atoms with Crippen molar-refractivity contribution in [2.45, 2.75) is 13.8 Å². The number of hydrogen-bond acceptors (Lipinski definition) is 3. The average Bonchev–Trinajstić information content (AvgIpc) is 2.11. The van der Waals surface area contributed by atoms with Crippen molar-refractivity contribution in [2.24, 2.45) is 0 Å². The zero-order chi connectivity index (χ0) is 10.3. The van der Waals surface area contributed by atoms with Gasteiger partial charge in [0.1, 0.15) is 5.58 Å². The number of hydrogen-bond donors (Lipinski definition) is 1. The average molecular weight is 190 g/mol. The summed E-state index contributed by atoms with van der Waals surface area (Å²) in [5.41, 5.74) is 1.98. The lowest BCUT2D eigenvalue weighted by Crippen LogP contribution is -1.97. The van der Waals surface area contributed by atoms with E-state index in [1.807, 2.05) is 19.9 Å². The zero-order valence-electron chi connectivity index (χ0n) is 8.00. The van der Waals surface area contributed by atoms with E-state index < -0.39 is 5.63 Å². The Morgan fingerprint density at radius 3 is 2.50 bits per heavy atom. The minimum atomic E-state index is -0.694. The van der Waals surface area contributed by atoms with Gasteiger partial charge in [-0.15, -0.1) is 0 Å². The van der Waals surface area contributed by atoms with Crippen molar-refractivity contribution in [1.82, 2.24) is 0 Å². The Bertz CT molecular complexity index is 552. The van der Waals surface area contributed by atoms with E-state index in [1.54, 1.807) is 6.07 Å². The molecule has 0 aliphatic heterocycles. The summed E-state index contributed by atoms with van der Waals surface area (Å²) in [6, 6.07) is 5.10. The van der Waals surface area contributed by atoms with Crippen LogP contribution in [-0.4, -0.2) is 5.11 Å². The smallest absolute Gasteiger partial charge is 0.378 e. The van der Waals surface area contributed by atoms with Crippen LogP contribution in [-0.2, 0) is 0 Å². The summed E-state index contributed by atoms with van der Waals surface area (Å²) < 4.78 is 4.92. The molecule has 1 aromatic carbocycles. The quantitative estimate of drug-likeness (QED) is 0.647. The fraction of sp³-hybridized carbons (Fsp3) is 0.182. The molecule has 2 rings (SSSR count). The lowest BCUT2D eigenvalue weighted by atomic mass is 10.1. The Kier molecular flexibility index (Phi) is 1.81. The van der Waals surface area contributed by atoms with Crippen LogP contribution in [0.15, 0.2) is 27.4 Å². The highest BCUT2D eigenvalue weighted by molar-refractivity contribution is 5.79. The molecule has 0 saturated carbocycles. The molecule has 0 atom stereocenters. The van der Waals surface area contributed by atoms with Gasteiger partial charge in [0.25, 0.3) is 0 Å². The van der Waals surface area contributed by atoms with E-state index in [1.165, 1.54) is 6.07 Å². The first-order chi connectivity index (χ1) is 6.58. The Labute approximate surface area is 80.6 Å². The molecule has 72 valence electrons. The molecule has 1 aromatic heterocycles. The Balaban J connectivity index is 2.90. The first-order valence-corrected chi connectivity index (χ1v) is 4.32. The van der Waals surface area contributed by atoms with Crippen LogP contribution in [0.25, 0.3) is 11.0 Å². The molecule has 0 aliphatic rings. The van der Waals surface area contributed by atoms with Crippen molar-refractivity contribution < 1.29 is 9.52 Å². The van der Waals surface area contributed by atoms with E-state index in [9.17, 15) is 9.90 Å². The third-order valence-electron chi connectivity index (χ3n) is 2.33. The first-order valence-electron chi connectivity index (χ1n) is 4.32. The molecule has 3 heteroatoms. The molecule has 0 unspecified atom stereocenters. The third kappa shape index (κ3) is 1.27. The van der Waals surface area contributed by atoms with Crippen LogP contribution in [0.4, 0.5) is 0 Å². The van der Waals surface area contributed by atoms with E-state index in [2.05, 4.69) is 0 Å². The van der Waals surface area contributed by atoms with Gasteiger partial charge in [0.05, 0.1) is 0 Å². The maximum absolute atomic E-state index is 11.0. The standard InChI is InChI=1S/C11H10O3/c1-6-3-8-5-9(12)11(13)14-10(8)4-7(6)2/h3-5,12H,1-2H3. The molecule has 0 fully saturated rings. The van der Waals surface area contributed by atoms with Crippen LogP contribution in [0.1, 0.15) is 11.1 Å². The van der Waals surface area contributed by atoms with Crippen molar-refractivity contribution in [2.75, 3.05) is 0 Å². The van der Waals surface area contributed by atoms with Gasteiger partial charge in [0.2, 0.25) is 5.75 Å². The van der Waals surface area contributed by atoms with Crippen molar-refractivity contribution in [3.05, 3.63) is 39.7 Å². The molecule has 0 radical (unpaired) electrons. The van der Waals surface area contributed by atoms with Crippen LogP contribution in [0.5, 0.6) is 5.75 Å². The summed E-state index contributed by atoms with van der Waals surface area (Å²) in [4.78, 5) is 11.0. The predicted molar refractivity (Wildman–Crippen MR) is 53.6 cm³/mol. The predicted octanol–water partition coefficient (Wildman–Crippen LogP) is 2.12. The van der Waals surface area contributed by atoms with Gasteiger partial charge in [-0.1, -0.05) is 0 Å². The van der Waals surface area contributed by atoms with Gasteiger partial charge < -0.3 is 9.52 Å². The largest absolute Gasteiger partial charge is 0.502 e. The van der Waals surface area contributed by atoms with Gasteiger partial charge in [0.15, 0.2) is 0 Å². The van der Waals surface area contributed by atoms with Crippen molar-refractivity contribution in [3.63, 3.8) is 0 Å². The van der Waals surface area contributed by atoms with E-state index in [0.717, 1.165) is 16.5 Å². The van der Waals surface area contributed by atoms with Crippen molar-refractivity contribution in [3.8, 4) is 5.75 Å². The van der Waals surface area contributed by atoms with Crippen molar-refractivity contribution >= 4 is 11.0 Å². The summed E-state index contributed by atoms with van der Waals surface area (Å²) in [5, 5.41) is 9.91. The van der Waals surface area contributed by atoms with Crippen LogP contribution in [0, 0.1) is 13.8 Å². The highest BCUT2D eigenvalue weighted by Crippen LogP contribution is 2.20. The molecule has 1 heterocycles. The maximum Gasteiger partial charge on any atom is 0.378 e. The summed E-state index contributed by atoms with van der Waals surface area (Å²) in [6.45, 7) is 3.92. The lowest BCUT2D eigenvalue weighted by molar-refractivity contribution is 0.428. The maximum atomic E-state index is 11.0. The number of fused-ring (bicyclic) bond motifs is 1. The van der Waals surface area contributed by atoms with E-state index >= 15 is 0 Å². The second kappa shape index (κ2) is 2.87. The fourth-order valence-corrected chi connectivity index (χ4v) is 1.37. The van der Waals surface area contributed by atoms with Gasteiger partial charge >= 0.3 is 5.63 Å². The molecular formula is C11H10O3. The first kappa shape index (κ1) is 8.81. The van der Waals surface area contributed by atoms with Crippen LogP contribution in [0.2, 0.25) is 0 Å². The number of benzene rings is 1. The number of rotatable bonds is 0. The van der Waals surface area contributed by atoms with E-state index in [4.69, 9.17) is 4.42 Å². The van der Waals surface area contributed by atoms with Crippen LogP contribution < -0.4 is 5.63 Å². The fourth-order valence-electron chi connectivity index (χ4n) is 1.37. The van der Waals surface area contributed by atoms with Gasteiger partial charge in [-0.25, -0.2) is 4.79 Å². The van der Waals surface area contributed by atoms with Crippen molar-refractivity contribution in [1.29, 1.82) is 0 Å². The second-order valence-electron chi connectivity index (χ2n) is 3.39. The minimum Gasteiger partial charge on any atom is -0.502 e. The van der Waals surface area contributed by atoms with Gasteiger partial charge in [0, 0.05) is 5.39 Å². The highest BCUT2D eigenvalue weighted by atomic mass is 16.4. The minimum absolute atomic E-state index is 0.347. The molecule has 14 heavy (non-hydrogen) atoms. The monoisotopic (exact) mass is 190 g/mol. The number of aromatic hydroxyl groups is 1. The molecule has 3 nitrogen and oxygen atoms in total. The Morgan fingerprint density at radius 2 is 1.79 bits per heavy atom. The van der Waals surface area contributed by atoms with E-state index in [-0.39, 0.29) is 5.75 Å². The Morgan fingerprint density at radius 1 is 1.14 bits per heavy atom. The number of aryl methyl sites for hydroxylation is 2. The summed E-state index contributed by atoms with van der Waals surface area (Å²) >= 11 is 0. The molecule has 1 N–H and O–H groups in total. The summed E-state index contributed by atoms with van der Waals surface area (Å²) in [5.74, 6) is -0.347. The molecule has 2 aromatic rings. The van der Waals surface area contributed by atoms with Gasteiger partial charge in [-0.3, -0.25) is 0 Å².